The second kappa shape index (κ2) is 8.40. The average molecular weight is 293 g/mol. The first kappa shape index (κ1) is 23.3. The number of aliphatic hydroxyl groups is 1. The molecule has 0 spiro atoms. The van der Waals surface area contributed by atoms with Crippen molar-refractivity contribution < 1.29 is 92.9 Å². The Balaban J connectivity index is -0.000000845. The molecular formula is C4H11NNa2O7P2. The smallest absolute Gasteiger partial charge is 0.808 e. The fourth-order valence-electron chi connectivity index (χ4n) is 0.781. The van der Waals surface area contributed by atoms with Gasteiger partial charge < -0.3 is 35.0 Å². The van der Waals surface area contributed by atoms with Crippen LogP contribution in [0.3, 0.4) is 0 Å². The molecule has 0 fully saturated rings. The van der Waals surface area contributed by atoms with Gasteiger partial charge in [0.2, 0.25) is 0 Å². The quantitative estimate of drug-likeness (QED) is 0.286. The maximum Gasteiger partial charge on any atom is 1.00 e. The molecule has 12 heteroatoms. The van der Waals surface area contributed by atoms with Crippen LogP contribution >= 0.6 is 15.2 Å². The summed E-state index contributed by atoms with van der Waals surface area (Å²) in [6, 6.07) is 0. The summed E-state index contributed by atoms with van der Waals surface area (Å²) in [6.45, 7) is -0.0949. The van der Waals surface area contributed by atoms with Gasteiger partial charge >= 0.3 is 66.7 Å². The normalized spacial score (nSPS) is 15.6. The van der Waals surface area contributed by atoms with Gasteiger partial charge in [-0.1, -0.05) is 0 Å². The van der Waals surface area contributed by atoms with Crippen molar-refractivity contribution in [2.75, 3.05) is 6.54 Å². The summed E-state index contributed by atoms with van der Waals surface area (Å²) in [6.07, 6.45) is -1.06. The van der Waals surface area contributed by atoms with Crippen molar-refractivity contribution in [2.24, 2.45) is 5.73 Å². The van der Waals surface area contributed by atoms with Gasteiger partial charge in [-0.05, 0) is 27.0 Å². The molecule has 5 N–H and O–H groups in total. The zero-order chi connectivity index (χ0) is 11.6. The molecule has 0 saturated heterocycles. The van der Waals surface area contributed by atoms with Crippen LogP contribution in [0.5, 0.6) is 0 Å². The molecule has 0 aromatic rings. The van der Waals surface area contributed by atoms with E-state index >= 15 is 0 Å². The Bertz CT molecular complexity index is 266. The van der Waals surface area contributed by atoms with E-state index in [9.17, 15) is 18.9 Å². The van der Waals surface area contributed by atoms with Crippen LogP contribution in [0.2, 0.25) is 0 Å². The maximum absolute atomic E-state index is 10.6. The van der Waals surface area contributed by atoms with E-state index in [1.54, 1.807) is 0 Å². The Morgan fingerprint density at radius 3 is 1.75 bits per heavy atom. The molecule has 86 valence electrons. The van der Waals surface area contributed by atoms with E-state index in [1.165, 1.54) is 0 Å². The van der Waals surface area contributed by atoms with Crippen molar-refractivity contribution in [2.45, 2.75) is 17.9 Å². The molecule has 0 aliphatic rings. The third-order valence-electron chi connectivity index (χ3n) is 1.62. The van der Waals surface area contributed by atoms with Crippen LogP contribution in [0.1, 0.15) is 12.8 Å². The van der Waals surface area contributed by atoms with Gasteiger partial charge in [0.05, 0.1) is 0 Å². The SMILES string of the molecule is NCCCC(O)(P(=O)([O-])[O-])P(=O)(O)O.[Na+].[Na+]. The molecule has 1 unspecified atom stereocenters. The van der Waals surface area contributed by atoms with Gasteiger partial charge in [-0.3, -0.25) is 4.57 Å². The monoisotopic (exact) mass is 293 g/mol. The van der Waals surface area contributed by atoms with Crippen molar-refractivity contribution in [3.63, 3.8) is 0 Å². The van der Waals surface area contributed by atoms with Gasteiger partial charge in [0.1, 0.15) is 0 Å². The van der Waals surface area contributed by atoms with Crippen LogP contribution in [0.25, 0.3) is 0 Å². The van der Waals surface area contributed by atoms with Gasteiger partial charge in [0.15, 0.2) is 5.08 Å². The summed E-state index contributed by atoms with van der Waals surface area (Å²) in [5, 5.41) is 5.57. The summed E-state index contributed by atoms with van der Waals surface area (Å²) in [4.78, 5) is 38.1. The average Bonchev–Trinajstić information content (AvgIpc) is 1.95. The zero-order valence-electron chi connectivity index (χ0n) is 9.07. The number of rotatable bonds is 5. The van der Waals surface area contributed by atoms with E-state index < -0.39 is 26.7 Å². The van der Waals surface area contributed by atoms with Crippen LogP contribution in [-0.2, 0) is 9.13 Å². The Morgan fingerprint density at radius 1 is 1.19 bits per heavy atom. The summed E-state index contributed by atoms with van der Waals surface area (Å²) < 4.78 is 21.1. The Hall–Kier alpha value is 2.22. The number of hydrogen-bond donors (Lipinski definition) is 4. The van der Waals surface area contributed by atoms with E-state index in [2.05, 4.69) is 0 Å². The molecule has 0 saturated carbocycles. The second-order valence-electron chi connectivity index (χ2n) is 2.71. The minimum Gasteiger partial charge on any atom is -0.808 e. The van der Waals surface area contributed by atoms with Crippen molar-refractivity contribution >= 4 is 15.2 Å². The molecule has 0 radical (unpaired) electrons. The summed E-state index contributed by atoms with van der Waals surface area (Å²) >= 11 is 0. The van der Waals surface area contributed by atoms with Crippen LogP contribution < -0.4 is 74.6 Å². The van der Waals surface area contributed by atoms with Gasteiger partial charge in [-0.25, -0.2) is 0 Å². The Kier molecular flexibility index (Phi) is 12.2. The van der Waals surface area contributed by atoms with Gasteiger partial charge in [0, 0.05) is 0 Å². The van der Waals surface area contributed by atoms with E-state index in [0.717, 1.165) is 0 Å². The van der Waals surface area contributed by atoms with E-state index in [-0.39, 0.29) is 72.1 Å². The maximum atomic E-state index is 10.6. The molecule has 0 bridgehead atoms. The second-order valence-corrected chi connectivity index (χ2v) is 6.62. The molecule has 0 aliphatic heterocycles. The van der Waals surface area contributed by atoms with Crippen molar-refractivity contribution in [1.29, 1.82) is 0 Å². The molecule has 0 heterocycles. The van der Waals surface area contributed by atoms with Gasteiger partial charge in [-0.2, -0.15) is 0 Å². The third kappa shape index (κ3) is 5.91. The summed E-state index contributed by atoms with van der Waals surface area (Å²) in [5.74, 6) is 0. The van der Waals surface area contributed by atoms with Gasteiger partial charge in [0.25, 0.3) is 0 Å². The minimum absolute atomic E-state index is 0. The van der Waals surface area contributed by atoms with E-state index in [0.29, 0.717) is 0 Å². The summed E-state index contributed by atoms with van der Waals surface area (Å²) in [5.41, 5.74) is 4.96. The number of hydrogen-bond acceptors (Lipinski definition) is 6. The minimum atomic E-state index is -5.80. The van der Waals surface area contributed by atoms with Crippen LogP contribution in [0.15, 0.2) is 0 Å². The molecule has 0 rings (SSSR count). The predicted molar refractivity (Wildman–Crippen MR) is 42.9 cm³/mol. The largest absolute Gasteiger partial charge is 1.00 e. The zero-order valence-corrected chi connectivity index (χ0v) is 14.9. The fraction of sp³-hybridized carbons (Fsp3) is 1.00. The predicted octanol–water partition coefficient (Wildman–Crippen LogP) is -8.53. The first-order valence-corrected chi connectivity index (χ1v) is 6.72. The summed E-state index contributed by atoms with van der Waals surface area (Å²) in [7, 11) is -11.2. The van der Waals surface area contributed by atoms with E-state index in [4.69, 9.17) is 20.6 Å². The molecule has 16 heavy (non-hydrogen) atoms. The molecular weight excluding hydrogens is 282 g/mol. The molecule has 8 nitrogen and oxygen atoms in total. The molecule has 0 amide bonds. The van der Waals surface area contributed by atoms with E-state index in [1.807, 2.05) is 0 Å². The van der Waals surface area contributed by atoms with Crippen molar-refractivity contribution in [3.8, 4) is 0 Å². The topological polar surface area (TPSA) is 167 Å². The van der Waals surface area contributed by atoms with Gasteiger partial charge in [-0.15, -0.1) is 0 Å². The first-order chi connectivity index (χ1) is 6.06. The van der Waals surface area contributed by atoms with Crippen LogP contribution in [0, 0.1) is 0 Å². The van der Waals surface area contributed by atoms with Crippen LogP contribution in [-0.4, -0.2) is 26.5 Å². The number of nitrogens with two attached hydrogens (primary N) is 1. The van der Waals surface area contributed by atoms with Crippen molar-refractivity contribution in [1.82, 2.24) is 0 Å². The molecule has 0 aromatic heterocycles. The molecule has 1 atom stereocenters. The van der Waals surface area contributed by atoms with Crippen molar-refractivity contribution in [3.05, 3.63) is 0 Å². The Labute approximate surface area is 137 Å². The first-order valence-electron chi connectivity index (χ1n) is 3.56. The Morgan fingerprint density at radius 2 is 1.56 bits per heavy atom. The fourth-order valence-corrected chi connectivity index (χ4v) is 2.94. The standard InChI is InChI=1S/C4H13NO7P2.2Na/c5-3-1-2-4(6,13(7,8)9)14(10,11)12;;/h6H,1-3,5H2,(H2,7,8,9)(H2,10,11,12);;/q;2*+1/p-2. The van der Waals surface area contributed by atoms with Crippen LogP contribution in [0.4, 0.5) is 0 Å². The third-order valence-corrected chi connectivity index (χ3v) is 5.40. The molecule has 0 aliphatic carbocycles. The molecule has 0 aromatic carbocycles.